The standard InChI is InChI=1S/C14H15NO.2C13H13NO.2C12H11NO/c1-11(2)12-8-9-15(14(16)10-12)13-6-4-3-5-7-13;1-10-3-6-12(7-4-10)14-9-11(2)5-8-13(14)15;1-2-11-7-6-10-14(13(11)15)12-8-4-3-5-9-12;1-10-6-5-9-13(12(10)14)11-7-3-2-4-8-11;1-10-7-8-12(14)13(9-10)11-5-3-2-4-6-11/h3-11H,1-2H3;3-9H,1-2H3;3-10H,2H2,1H3;2*2-9H,1H3. The molecule has 0 saturated heterocycles. The summed E-state index contributed by atoms with van der Waals surface area (Å²) in [5, 5.41) is 0. The average molecular weight is 982 g/mol. The molecule has 5 aromatic heterocycles. The zero-order chi connectivity index (χ0) is 53.0. The Kier molecular flexibility index (Phi) is 19.7. The van der Waals surface area contributed by atoms with E-state index in [-0.39, 0.29) is 27.8 Å². The van der Waals surface area contributed by atoms with Crippen LogP contribution in [0.15, 0.2) is 261 Å². The highest BCUT2D eigenvalue weighted by Gasteiger charge is 2.05. The van der Waals surface area contributed by atoms with Crippen molar-refractivity contribution in [3.05, 3.63) is 322 Å². The molecule has 74 heavy (non-hydrogen) atoms. The molecule has 0 saturated carbocycles. The second-order valence-electron chi connectivity index (χ2n) is 17.8. The molecule has 374 valence electrons. The van der Waals surface area contributed by atoms with Crippen LogP contribution in [0.3, 0.4) is 0 Å². The predicted octanol–water partition coefficient (Wildman–Crippen LogP) is 12.1. The smallest absolute Gasteiger partial charge is 0.258 e. The van der Waals surface area contributed by atoms with E-state index in [9.17, 15) is 24.0 Å². The number of para-hydroxylation sites is 4. The third-order valence-corrected chi connectivity index (χ3v) is 11.7. The third kappa shape index (κ3) is 15.2. The van der Waals surface area contributed by atoms with Crippen LogP contribution in [0.1, 0.15) is 60.1 Å². The molecule has 5 heterocycles. The average Bonchev–Trinajstić information content (AvgIpc) is 3.43. The topological polar surface area (TPSA) is 110 Å². The maximum atomic E-state index is 12.0. The molecule has 0 aliphatic heterocycles. The summed E-state index contributed by atoms with van der Waals surface area (Å²) in [6.07, 6.45) is 9.89. The molecule has 0 amide bonds. The first-order valence-electron chi connectivity index (χ1n) is 24.5. The van der Waals surface area contributed by atoms with Crippen LogP contribution >= 0.6 is 0 Å². The van der Waals surface area contributed by atoms with Crippen molar-refractivity contribution in [2.45, 2.75) is 60.8 Å². The molecular formula is C64H63N5O5. The van der Waals surface area contributed by atoms with Crippen molar-refractivity contribution in [1.82, 2.24) is 22.8 Å². The summed E-state index contributed by atoms with van der Waals surface area (Å²) in [7, 11) is 0. The molecule has 10 aromatic rings. The van der Waals surface area contributed by atoms with E-state index < -0.39 is 0 Å². The maximum Gasteiger partial charge on any atom is 0.258 e. The molecule has 0 spiro atoms. The van der Waals surface area contributed by atoms with Gasteiger partial charge in [0.2, 0.25) is 0 Å². The van der Waals surface area contributed by atoms with Gasteiger partial charge in [0.15, 0.2) is 0 Å². The molecule has 0 unspecified atom stereocenters. The highest BCUT2D eigenvalue weighted by Crippen LogP contribution is 2.13. The zero-order valence-corrected chi connectivity index (χ0v) is 43.1. The Morgan fingerprint density at radius 2 is 0.743 bits per heavy atom. The van der Waals surface area contributed by atoms with Gasteiger partial charge in [-0.1, -0.05) is 136 Å². The number of pyridine rings is 5. The lowest BCUT2D eigenvalue weighted by molar-refractivity contribution is 0.847. The predicted molar refractivity (Wildman–Crippen MR) is 303 cm³/mol. The molecule has 0 atom stereocenters. The van der Waals surface area contributed by atoms with E-state index in [0.717, 1.165) is 62.7 Å². The molecule has 10 rings (SSSR count). The van der Waals surface area contributed by atoms with Gasteiger partial charge < -0.3 is 0 Å². The van der Waals surface area contributed by atoms with Gasteiger partial charge >= 0.3 is 0 Å². The number of rotatable bonds is 7. The van der Waals surface area contributed by atoms with Crippen molar-refractivity contribution in [1.29, 1.82) is 0 Å². The quantitative estimate of drug-likeness (QED) is 0.158. The van der Waals surface area contributed by atoms with Crippen LogP contribution in [0, 0.1) is 27.7 Å². The Bertz CT molecular complexity index is 3620. The second-order valence-corrected chi connectivity index (χ2v) is 17.8. The minimum absolute atomic E-state index is 0.00167. The first-order valence-corrected chi connectivity index (χ1v) is 24.5. The number of aromatic nitrogens is 5. The monoisotopic (exact) mass is 981 g/mol. The fourth-order valence-electron chi connectivity index (χ4n) is 7.53. The molecule has 0 fully saturated rings. The second kappa shape index (κ2) is 26.9. The zero-order valence-electron chi connectivity index (χ0n) is 43.1. The van der Waals surface area contributed by atoms with Crippen molar-refractivity contribution in [3.8, 4) is 28.4 Å². The fraction of sp³-hybridized carbons (Fsp3) is 0.141. The van der Waals surface area contributed by atoms with Crippen LogP contribution in [-0.4, -0.2) is 22.8 Å². The summed E-state index contributed by atoms with van der Waals surface area (Å²) < 4.78 is 8.30. The van der Waals surface area contributed by atoms with Crippen LogP contribution in [0.5, 0.6) is 0 Å². The van der Waals surface area contributed by atoms with Gasteiger partial charge in [0.25, 0.3) is 27.8 Å². The summed E-state index contributed by atoms with van der Waals surface area (Å²) in [5.74, 6) is 0.387. The minimum Gasteiger partial charge on any atom is -0.284 e. The van der Waals surface area contributed by atoms with Crippen molar-refractivity contribution in [3.63, 3.8) is 0 Å². The lowest BCUT2D eigenvalue weighted by atomic mass is 10.1. The van der Waals surface area contributed by atoms with Gasteiger partial charge in [-0.2, -0.15) is 0 Å². The maximum absolute atomic E-state index is 12.0. The van der Waals surface area contributed by atoms with E-state index in [0.29, 0.717) is 5.92 Å². The summed E-state index contributed by atoms with van der Waals surface area (Å²) in [4.78, 5) is 58.8. The van der Waals surface area contributed by atoms with E-state index in [4.69, 9.17) is 0 Å². The van der Waals surface area contributed by atoms with Gasteiger partial charge in [0.1, 0.15) is 0 Å². The molecule has 10 nitrogen and oxygen atoms in total. The molecule has 0 aliphatic rings. The molecule has 0 aliphatic carbocycles. The van der Waals surface area contributed by atoms with Crippen LogP contribution in [-0.2, 0) is 6.42 Å². The minimum atomic E-state index is 0.00167. The summed E-state index contributed by atoms with van der Waals surface area (Å²) in [6, 6.07) is 64.5. The first kappa shape index (κ1) is 54.2. The van der Waals surface area contributed by atoms with Crippen molar-refractivity contribution >= 4 is 0 Å². The summed E-state index contributed by atoms with van der Waals surface area (Å²) in [5.41, 5.74) is 10.7. The van der Waals surface area contributed by atoms with Crippen molar-refractivity contribution < 1.29 is 0 Å². The number of hydrogen-bond acceptors (Lipinski definition) is 5. The highest BCUT2D eigenvalue weighted by atomic mass is 16.1. The van der Waals surface area contributed by atoms with Crippen LogP contribution in [0.2, 0.25) is 0 Å². The number of hydrogen-bond donors (Lipinski definition) is 0. The van der Waals surface area contributed by atoms with Gasteiger partial charge in [0.05, 0.1) is 0 Å². The number of aryl methyl sites for hydroxylation is 5. The third-order valence-electron chi connectivity index (χ3n) is 11.7. The molecule has 0 radical (unpaired) electrons. The van der Waals surface area contributed by atoms with Crippen molar-refractivity contribution in [2.24, 2.45) is 0 Å². The molecule has 0 N–H and O–H groups in total. The van der Waals surface area contributed by atoms with E-state index in [1.165, 1.54) is 5.56 Å². The van der Waals surface area contributed by atoms with E-state index in [1.54, 1.807) is 53.4 Å². The summed E-state index contributed by atoms with van der Waals surface area (Å²) >= 11 is 0. The van der Waals surface area contributed by atoms with E-state index in [2.05, 4.69) is 13.8 Å². The Morgan fingerprint density at radius 1 is 0.351 bits per heavy atom. The lowest BCUT2D eigenvalue weighted by Crippen LogP contribution is -2.20. The Labute approximate surface area is 432 Å². The Morgan fingerprint density at radius 3 is 1.18 bits per heavy atom. The molecule has 10 heteroatoms. The van der Waals surface area contributed by atoms with E-state index in [1.807, 2.05) is 241 Å². The van der Waals surface area contributed by atoms with Gasteiger partial charge in [-0.15, -0.1) is 0 Å². The van der Waals surface area contributed by atoms with E-state index >= 15 is 0 Å². The number of nitrogens with zero attached hydrogens (tertiary/aromatic N) is 5. The largest absolute Gasteiger partial charge is 0.284 e. The summed E-state index contributed by atoms with van der Waals surface area (Å²) in [6.45, 7) is 14.0. The van der Waals surface area contributed by atoms with Crippen LogP contribution < -0.4 is 27.8 Å². The van der Waals surface area contributed by atoms with Gasteiger partial charge in [-0.3, -0.25) is 46.8 Å². The number of benzene rings is 5. The SMILES string of the molecule is CC(C)c1ccn(-c2ccccc2)c(=O)c1.CCc1cccn(-c2ccccc2)c1=O.Cc1ccc(-n2cc(C)ccc2=O)cc1.Cc1ccc(=O)n(-c2ccccc2)c1.Cc1cccn(-c2ccccc2)c1=O. The van der Waals surface area contributed by atoms with Gasteiger partial charge in [-0.25, -0.2) is 0 Å². The normalized spacial score (nSPS) is 10.3. The van der Waals surface area contributed by atoms with Gasteiger partial charge in [0, 0.05) is 88.7 Å². The molecule has 0 bridgehead atoms. The Balaban J connectivity index is 0.000000151. The lowest BCUT2D eigenvalue weighted by Gasteiger charge is -2.08. The molecule has 5 aromatic carbocycles. The van der Waals surface area contributed by atoms with Crippen molar-refractivity contribution in [2.75, 3.05) is 0 Å². The van der Waals surface area contributed by atoms with Crippen LogP contribution in [0.25, 0.3) is 28.4 Å². The Hall–Kier alpha value is -9.15. The molecular weight excluding hydrogens is 919 g/mol. The van der Waals surface area contributed by atoms with Gasteiger partial charge in [-0.05, 0) is 136 Å². The fourth-order valence-corrected chi connectivity index (χ4v) is 7.53. The first-order chi connectivity index (χ1) is 35.7. The highest BCUT2D eigenvalue weighted by molar-refractivity contribution is 5.37. The van der Waals surface area contributed by atoms with Crippen LogP contribution in [0.4, 0.5) is 0 Å².